The molecule has 0 bridgehead atoms. The van der Waals surface area contributed by atoms with Crippen molar-refractivity contribution in [1.82, 2.24) is 9.97 Å². The largest absolute Gasteiger partial charge is 0.382 e. The van der Waals surface area contributed by atoms with E-state index < -0.39 is 0 Å². The number of hydrogen-bond donors (Lipinski definition) is 1. The predicted molar refractivity (Wildman–Crippen MR) is 55.2 cm³/mol. The summed E-state index contributed by atoms with van der Waals surface area (Å²) in [4.78, 5) is 21.6. The highest BCUT2D eigenvalue weighted by Gasteiger charge is 2.13. The van der Waals surface area contributed by atoms with Crippen molar-refractivity contribution in [2.75, 3.05) is 36.7 Å². The zero-order valence-electron chi connectivity index (χ0n) is 8.43. The molecule has 0 radical (unpaired) electrons. The minimum atomic E-state index is 0.355. The number of carbonyl (C=O) groups excluding carboxylic acids is 1. The zero-order chi connectivity index (χ0) is 10.7. The highest BCUT2D eigenvalue weighted by molar-refractivity contribution is 5.85. The number of nitrogens with two attached hydrogens (primary N) is 1. The third kappa shape index (κ3) is 1.73. The molecule has 0 aliphatic rings. The number of aromatic nitrogens is 2. The third-order valence-corrected chi connectivity index (χ3v) is 1.77. The van der Waals surface area contributed by atoms with Crippen LogP contribution in [-0.2, 0) is 4.79 Å². The van der Waals surface area contributed by atoms with Gasteiger partial charge in [0.2, 0.25) is 6.41 Å². The second kappa shape index (κ2) is 3.91. The fourth-order valence-electron chi connectivity index (χ4n) is 1.12. The van der Waals surface area contributed by atoms with Crippen molar-refractivity contribution in [3.8, 4) is 0 Å². The Bertz CT molecular complexity index is 339. The predicted octanol–water partition coefficient (Wildman–Crippen LogP) is -0.283. The van der Waals surface area contributed by atoms with Crippen molar-refractivity contribution in [1.29, 1.82) is 0 Å². The van der Waals surface area contributed by atoms with E-state index >= 15 is 0 Å². The quantitative estimate of drug-likeness (QED) is 0.671. The molecule has 0 aromatic carbocycles. The van der Waals surface area contributed by atoms with Gasteiger partial charge in [-0.2, -0.15) is 0 Å². The molecular formula is C8H13N5O. The number of carbonyl (C=O) groups is 1. The molecular weight excluding hydrogens is 182 g/mol. The molecule has 0 aliphatic heterocycles. The Hall–Kier alpha value is -1.85. The zero-order valence-corrected chi connectivity index (χ0v) is 8.43. The lowest BCUT2D eigenvalue weighted by molar-refractivity contribution is -0.107. The van der Waals surface area contributed by atoms with Gasteiger partial charge in [-0.05, 0) is 0 Å². The van der Waals surface area contributed by atoms with Crippen LogP contribution in [0.4, 0.5) is 17.3 Å². The summed E-state index contributed by atoms with van der Waals surface area (Å²) in [6.07, 6.45) is 2.01. The Labute approximate surface area is 82.4 Å². The number of hydrogen-bond acceptors (Lipinski definition) is 5. The maximum atomic E-state index is 10.6. The van der Waals surface area contributed by atoms with Gasteiger partial charge in [0.1, 0.15) is 12.0 Å². The van der Waals surface area contributed by atoms with E-state index in [1.807, 2.05) is 14.1 Å². The maximum absolute atomic E-state index is 10.6. The molecule has 0 unspecified atom stereocenters. The van der Waals surface area contributed by atoms with E-state index in [4.69, 9.17) is 5.73 Å². The van der Waals surface area contributed by atoms with Crippen molar-refractivity contribution in [3.63, 3.8) is 0 Å². The van der Waals surface area contributed by atoms with Gasteiger partial charge in [0.15, 0.2) is 11.6 Å². The summed E-state index contributed by atoms with van der Waals surface area (Å²) in [7, 11) is 5.25. The Morgan fingerprint density at radius 2 is 2.00 bits per heavy atom. The SMILES string of the molecule is CN(C)c1c(N)ncnc1N(C)C=O. The lowest BCUT2D eigenvalue weighted by atomic mass is 10.4. The van der Waals surface area contributed by atoms with Crippen LogP contribution in [0.25, 0.3) is 0 Å². The molecule has 0 aliphatic carbocycles. The lowest BCUT2D eigenvalue weighted by Gasteiger charge is -2.20. The normalized spacial score (nSPS) is 9.64. The van der Waals surface area contributed by atoms with E-state index in [1.165, 1.54) is 11.2 Å². The molecule has 0 atom stereocenters. The first kappa shape index (κ1) is 10.2. The summed E-state index contributed by atoms with van der Waals surface area (Å²) in [6.45, 7) is 0. The minimum Gasteiger partial charge on any atom is -0.382 e. The van der Waals surface area contributed by atoms with E-state index in [-0.39, 0.29) is 0 Å². The first-order valence-corrected chi connectivity index (χ1v) is 4.04. The van der Waals surface area contributed by atoms with E-state index in [0.29, 0.717) is 23.7 Å². The van der Waals surface area contributed by atoms with Crippen LogP contribution >= 0.6 is 0 Å². The first-order valence-electron chi connectivity index (χ1n) is 4.04. The summed E-state index contributed by atoms with van der Waals surface area (Å²) >= 11 is 0. The Kier molecular flexibility index (Phi) is 2.85. The standard InChI is InChI=1S/C8H13N5O/c1-12(2)6-7(9)10-4-11-8(6)13(3)5-14/h4-5H,1-3H3,(H2,9,10,11). The van der Waals surface area contributed by atoms with Gasteiger partial charge in [0, 0.05) is 21.1 Å². The first-order chi connectivity index (χ1) is 6.57. The fourth-order valence-corrected chi connectivity index (χ4v) is 1.12. The van der Waals surface area contributed by atoms with Crippen LogP contribution in [0.5, 0.6) is 0 Å². The van der Waals surface area contributed by atoms with Crippen LogP contribution < -0.4 is 15.5 Å². The highest BCUT2D eigenvalue weighted by Crippen LogP contribution is 2.28. The van der Waals surface area contributed by atoms with E-state index in [2.05, 4.69) is 9.97 Å². The lowest BCUT2D eigenvalue weighted by Crippen LogP contribution is -2.22. The second-order valence-electron chi connectivity index (χ2n) is 3.04. The summed E-state index contributed by atoms with van der Waals surface area (Å²) in [5, 5.41) is 0. The van der Waals surface area contributed by atoms with Gasteiger partial charge in [-0.15, -0.1) is 0 Å². The van der Waals surface area contributed by atoms with Gasteiger partial charge in [0.05, 0.1) is 0 Å². The number of nitrogens with zero attached hydrogens (tertiary/aromatic N) is 4. The highest BCUT2D eigenvalue weighted by atomic mass is 16.1. The molecule has 1 amide bonds. The summed E-state index contributed by atoms with van der Waals surface area (Å²) < 4.78 is 0. The molecule has 1 heterocycles. The average Bonchev–Trinajstić information content (AvgIpc) is 2.15. The Morgan fingerprint density at radius 3 is 2.50 bits per heavy atom. The fraction of sp³-hybridized carbons (Fsp3) is 0.375. The van der Waals surface area contributed by atoms with Crippen LogP contribution in [0, 0.1) is 0 Å². The van der Waals surface area contributed by atoms with Gasteiger partial charge in [0.25, 0.3) is 0 Å². The molecule has 0 spiro atoms. The molecule has 0 fully saturated rings. The average molecular weight is 195 g/mol. The Morgan fingerprint density at radius 1 is 1.36 bits per heavy atom. The summed E-state index contributed by atoms with van der Waals surface area (Å²) in [6, 6.07) is 0. The molecule has 1 aromatic rings. The molecule has 1 rings (SSSR count). The van der Waals surface area contributed by atoms with Crippen molar-refractivity contribution in [2.24, 2.45) is 0 Å². The van der Waals surface area contributed by atoms with Gasteiger partial charge >= 0.3 is 0 Å². The smallest absolute Gasteiger partial charge is 0.215 e. The van der Waals surface area contributed by atoms with E-state index in [9.17, 15) is 4.79 Å². The number of amides is 1. The molecule has 6 nitrogen and oxygen atoms in total. The molecule has 14 heavy (non-hydrogen) atoms. The number of anilines is 3. The molecule has 0 saturated carbocycles. The summed E-state index contributed by atoms with van der Waals surface area (Å²) in [5.41, 5.74) is 6.32. The van der Waals surface area contributed by atoms with Crippen LogP contribution in [0.1, 0.15) is 0 Å². The Balaban J connectivity index is 3.27. The second-order valence-corrected chi connectivity index (χ2v) is 3.04. The van der Waals surface area contributed by atoms with Gasteiger partial charge < -0.3 is 15.5 Å². The third-order valence-electron chi connectivity index (χ3n) is 1.77. The van der Waals surface area contributed by atoms with Crippen LogP contribution in [0.2, 0.25) is 0 Å². The van der Waals surface area contributed by atoms with E-state index in [1.54, 1.807) is 11.9 Å². The maximum Gasteiger partial charge on any atom is 0.215 e. The van der Waals surface area contributed by atoms with Gasteiger partial charge in [-0.25, -0.2) is 9.97 Å². The van der Waals surface area contributed by atoms with Crippen molar-refractivity contribution in [3.05, 3.63) is 6.33 Å². The monoisotopic (exact) mass is 195 g/mol. The molecule has 1 aromatic heterocycles. The van der Waals surface area contributed by atoms with Gasteiger partial charge in [-0.1, -0.05) is 0 Å². The van der Waals surface area contributed by atoms with Crippen molar-refractivity contribution >= 4 is 23.7 Å². The minimum absolute atomic E-state index is 0.355. The van der Waals surface area contributed by atoms with Crippen LogP contribution in [0.15, 0.2) is 6.33 Å². The number of nitrogen functional groups attached to an aromatic ring is 1. The van der Waals surface area contributed by atoms with Gasteiger partial charge in [-0.3, -0.25) is 4.79 Å². The number of rotatable bonds is 3. The summed E-state index contributed by atoms with van der Waals surface area (Å²) in [5.74, 6) is 0.853. The molecule has 6 heteroatoms. The van der Waals surface area contributed by atoms with Crippen LogP contribution in [0.3, 0.4) is 0 Å². The topological polar surface area (TPSA) is 75.3 Å². The van der Waals surface area contributed by atoms with E-state index in [0.717, 1.165) is 0 Å². The van der Waals surface area contributed by atoms with Crippen LogP contribution in [-0.4, -0.2) is 37.5 Å². The molecule has 76 valence electrons. The molecule has 0 saturated heterocycles. The van der Waals surface area contributed by atoms with Crippen molar-refractivity contribution in [2.45, 2.75) is 0 Å². The van der Waals surface area contributed by atoms with Crippen molar-refractivity contribution < 1.29 is 4.79 Å². The molecule has 2 N–H and O–H groups in total.